The molecule has 0 bridgehead atoms. The zero-order chi connectivity index (χ0) is 26.3. The van der Waals surface area contributed by atoms with Gasteiger partial charge >= 0.3 is 12.4 Å². The van der Waals surface area contributed by atoms with Gasteiger partial charge in [-0.3, -0.25) is 14.7 Å². The van der Waals surface area contributed by atoms with Crippen LogP contribution in [0.3, 0.4) is 0 Å². The first-order chi connectivity index (χ1) is 16.8. The molecule has 1 spiro atoms. The quantitative estimate of drug-likeness (QED) is 0.585. The largest absolute Gasteiger partial charge is 0.455 e. The van der Waals surface area contributed by atoms with E-state index in [1.54, 1.807) is 0 Å². The molecular formula is C23H22F7N3O3. The summed E-state index contributed by atoms with van der Waals surface area (Å²) in [4.78, 5) is 18.3. The summed E-state index contributed by atoms with van der Waals surface area (Å²) in [5.41, 5.74) is 2.88. The molecule has 2 aromatic rings. The highest BCUT2D eigenvalue weighted by Gasteiger charge is 2.52. The zero-order valence-corrected chi connectivity index (χ0v) is 18.8. The minimum Gasteiger partial charge on any atom is -0.455 e. The van der Waals surface area contributed by atoms with Crippen molar-refractivity contribution in [2.75, 3.05) is 19.7 Å². The fourth-order valence-electron chi connectivity index (χ4n) is 4.77. The van der Waals surface area contributed by atoms with Crippen molar-refractivity contribution in [2.45, 2.75) is 43.9 Å². The summed E-state index contributed by atoms with van der Waals surface area (Å²) >= 11 is 0. The molecule has 1 atom stereocenters. The fourth-order valence-corrected chi connectivity index (χ4v) is 4.77. The Balaban J connectivity index is 1.47. The van der Waals surface area contributed by atoms with Crippen molar-refractivity contribution in [3.63, 3.8) is 0 Å². The second-order valence-corrected chi connectivity index (χ2v) is 8.80. The maximum atomic E-state index is 14.2. The highest BCUT2D eigenvalue weighted by atomic mass is 19.4. The molecule has 6 nitrogen and oxygen atoms in total. The molecule has 0 aliphatic carbocycles. The van der Waals surface area contributed by atoms with Gasteiger partial charge in [-0.15, -0.1) is 0 Å². The van der Waals surface area contributed by atoms with E-state index in [-0.39, 0.29) is 37.5 Å². The molecule has 2 fully saturated rings. The summed E-state index contributed by atoms with van der Waals surface area (Å²) in [6.07, 6.45) is -8.81. The first-order valence-electron chi connectivity index (χ1n) is 11.0. The molecule has 0 radical (unpaired) electrons. The lowest BCUT2D eigenvalue weighted by atomic mass is 9.78. The Hall–Kier alpha value is -2.93. The van der Waals surface area contributed by atoms with Crippen LogP contribution in [-0.4, -0.2) is 41.8 Å². The topological polar surface area (TPSA) is 81.1 Å². The van der Waals surface area contributed by atoms with Crippen LogP contribution < -0.4 is 5.73 Å². The van der Waals surface area contributed by atoms with Crippen molar-refractivity contribution in [2.24, 2.45) is 16.6 Å². The smallest absolute Gasteiger partial charge is 0.449 e. The number of carbonyl (C=O) groups is 1. The molecule has 13 heteroatoms. The van der Waals surface area contributed by atoms with Gasteiger partial charge in [0.05, 0.1) is 36.6 Å². The average molecular weight is 521 g/mol. The third kappa shape index (κ3) is 5.26. The zero-order valence-electron chi connectivity index (χ0n) is 18.8. The summed E-state index contributed by atoms with van der Waals surface area (Å²) in [6, 6.07) is 4.70. The molecule has 2 aliphatic rings. The number of nitrogens with two attached hydrogens (primary N) is 1. The van der Waals surface area contributed by atoms with Gasteiger partial charge in [0.2, 0.25) is 11.7 Å². The van der Waals surface area contributed by atoms with Crippen LogP contribution in [0.5, 0.6) is 0 Å². The van der Waals surface area contributed by atoms with Crippen molar-refractivity contribution in [3.8, 4) is 0 Å². The maximum Gasteiger partial charge on any atom is 0.449 e. The summed E-state index contributed by atoms with van der Waals surface area (Å²) in [5.74, 6) is -3.84. The van der Waals surface area contributed by atoms with E-state index in [1.165, 1.54) is 6.07 Å². The summed E-state index contributed by atoms with van der Waals surface area (Å²) in [6.45, 7) is -0.0140. The van der Waals surface area contributed by atoms with Crippen LogP contribution in [0.2, 0.25) is 0 Å². The van der Waals surface area contributed by atoms with E-state index in [2.05, 4.69) is 4.99 Å². The van der Waals surface area contributed by atoms with E-state index in [4.69, 9.17) is 14.9 Å². The van der Waals surface area contributed by atoms with Crippen molar-refractivity contribution in [3.05, 3.63) is 58.8 Å². The van der Waals surface area contributed by atoms with Gasteiger partial charge in [0.1, 0.15) is 17.5 Å². The minimum atomic E-state index is -4.78. The molecule has 1 aromatic carbocycles. The number of nitrogens with zero attached hydrogens (tertiary/aromatic N) is 2. The molecule has 0 saturated carbocycles. The molecule has 2 N–H and O–H groups in total. The minimum absolute atomic E-state index is 0.113. The van der Waals surface area contributed by atoms with Crippen LogP contribution in [0.25, 0.3) is 0 Å². The van der Waals surface area contributed by atoms with E-state index >= 15 is 0 Å². The maximum absolute atomic E-state index is 14.2. The lowest BCUT2D eigenvalue weighted by Gasteiger charge is -2.40. The van der Waals surface area contributed by atoms with Gasteiger partial charge in [0, 0.05) is 18.7 Å². The first kappa shape index (κ1) is 26.1. The number of halogens is 7. The lowest BCUT2D eigenvalue weighted by Crippen LogP contribution is -2.52. The predicted molar refractivity (Wildman–Crippen MR) is 112 cm³/mol. The number of primary amides is 1. The number of piperidine rings is 1. The van der Waals surface area contributed by atoms with Gasteiger partial charge in [-0.2, -0.15) is 26.3 Å². The second kappa shape index (κ2) is 9.51. The molecule has 36 heavy (non-hydrogen) atoms. The number of aliphatic imine (C=N–C) groups is 1. The first-order valence-corrected chi connectivity index (χ1v) is 11.0. The highest BCUT2D eigenvalue weighted by molar-refractivity contribution is 6.07. The number of carbonyl (C=O) groups excluding carboxylic acids is 1. The molecule has 1 aromatic heterocycles. The van der Waals surface area contributed by atoms with E-state index < -0.39 is 59.0 Å². The van der Waals surface area contributed by atoms with Crippen molar-refractivity contribution in [1.82, 2.24) is 4.90 Å². The van der Waals surface area contributed by atoms with E-state index in [0.29, 0.717) is 13.1 Å². The normalized spacial score (nSPS) is 22.0. The Labute approximate surface area is 200 Å². The lowest BCUT2D eigenvalue weighted by molar-refractivity contribution is -0.153. The standard InChI is InChI=1S/C23H22F7N3O3/c24-16-3-1-2-15(22(25,26)27)14(16)10-32-17-12-35-21(19(17)20(31)34)6-8-33(9-7-21)11-13-4-5-18(36-13)23(28,29)30/h1-5,19H,6-12H2,(H2,31,34). The number of alkyl halides is 6. The van der Waals surface area contributed by atoms with Gasteiger partial charge in [-0.1, -0.05) is 6.07 Å². The molecule has 1 unspecified atom stereocenters. The van der Waals surface area contributed by atoms with Gasteiger partial charge in [0.15, 0.2) is 0 Å². The number of amides is 1. The molecule has 1 amide bonds. The number of hydrogen-bond donors (Lipinski definition) is 1. The summed E-state index contributed by atoms with van der Waals surface area (Å²) in [7, 11) is 0. The third-order valence-corrected chi connectivity index (χ3v) is 6.54. The summed E-state index contributed by atoms with van der Waals surface area (Å²) in [5, 5.41) is 0. The fraction of sp³-hybridized carbons (Fsp3) is 0.478. The highest BCUT2D eigenvalue weighted by Crippen LogP contribution is 2.41. The number of rotatable bonds is 5. The SMILES string of the molecule is NC(=O)C1C(=NCc2c(F)cccc2C(F)(F)F)COC12CCN(Cc1ccc(C(F)(F)F)o1)CC2. The number of benzene rings is 1. The Morgan fingerprint density at radius 3 is 2.36 bits per heavy atom. The van der Waals surface area contributed by atoms with Crippen LogP contribution in [0.4, 0.5) is 30.7 Å². The summed E-state index contributed by atoms with van der Waals surface area (Å²) < 4.78 is 103. The molecule has 2 aliphatic heterocycles. The number of ether oxygens (including phenoxy) is 1. The Morgan fingerprint density at radius 1 is 1.08 bits per heavy atom. The van der Waals surface area contributed by atoms with Gasteiger partial charge < -0.3 is 14.9 Å². The van der Waals surface area contributed by atoms with Gasteiger partial charge in [-0.25, -0.2) is 4.39 Å². The number of likely N-dealkylation sites (tertiary alicyclic amines) is 1. The Bertz CT molecular complexity index is 1150. The van der Waals surface area contributed by atoms with Crippen molar-refractivity contribution < 1.29 is 44.7 Å². The third-order valence-electron chi connectivity index (χ3n) is 6.54. The Kier molecular flexibility index (Phi) is 6.90. The molecular weight excluding hydrogens is 499 g/mol. The Morgan fingerprint density at radius 2 is 1.78 bits per heavy atom. The molecule has 4 rings (SSSR count). The van der Waals surface area contributed by atoms with Crippen LogP contribution in [0, 0.1) is 11.7 Å². The molecule has 2 saturated heterocycles. The van der Waals surface area contributed by atoms with E-state index in [9.17, 15) is 35.5 Å². The van der Waals surface area contributed by atoms with E-state index in [0.717, 1.165) is 24.3 Å². The van der Waals surface area contributed by atoms with Crippen molar-refractivity contribution >= 4 is 11.6 Å². The second-order valence-electron chi connectivity index (χ2n) is 8.80. The van der Waals surface area contributed by atoms with Gasteiger partial charge in [-0.05, 0) is 37.1 Å². The monoisotopic (exact) mass is 521 g/mol. The average Bonchev–Trinajstić information content (AvgIpc) is 3.39. The van der Waals surface area contributed by atoms with Crippen LogP contribution in [0.1, 0.15) is 35.5 Å². The predicted octanol–water partition coefficient (Wildman–Crippen LogP) is 4.56. The van der Waals surface area contributed by atoms with Crippen LogP contribution in [0.15, 0.2) is 39.7 Å². The van der Waals surface area contributed by atoms with E-state index in [1.807, 2.05) is 4.90 Å². The van der Waals surface area contributed by atoms with Crippen LogP contribution in [-0.2, 0) is 35.0 Å². The number of hydrogen-bond acceptors (Lipinski definition) is 5. The molecule has 196 valence electrons. The van der Waals surface area contributed by atoms with Crippen molar-refractivity contribution in [1.29, 1.82) is 0 Å². The van der Waals surface area contributed by atoms with Crippen LogP contribution >= 0.6 is 0 Å². The van der Waals surface area contributed by atoms with Gasteiger partial charge in [0.25, 0.3) is 0 Å². The molecule has 3 heterocycles. The number of furan rings is 1.